The van der Waals surface area contributed by atoms with E-state index in [0.29, 0.717) is 0 Å². The van der Waals surface area contributed by atoms with E-state index < -0.39 is 0 Å². The average Bonchev–Trinajstić information content (AvgIpc) is 2.74. The van der Waals surface area contributed by atoms with Gasteiger partial charge < -0.3 is 5.32 Å². The maximum absolute atomic E-state index is 4.46. The van der Waals surface area contributed by atoms with Crippen LogP contribution < -0.4 is 5.32 Å². The van der Waals surface area contributed by atoms with Crippen molar-refractivity contribution in [3.05, 3.63) is 34.2 Å². The molecule has 2 heterocycles. The molecule has 4 nitrogen and oxygen atoms in total. The van der Waals surface area contributed by atoms with Gasteiger partial charge in [0.15, 0.2) is 0 Å². The van der Waals surface area contributed by atoms with Gasteiger partial charge in [0, 0.05) is 22.7 Å². The number of rotatable bonds is 3. The number of aryl methyl sites for hydroxylation is 1. The van der Waals surface area contributed by atoms with Crippen molar-refractivity contribution in [3.63, 3.8) is 0 Å². The highest BCUT2D eigenvalue weighted by Gasteiger charge is 2.17. The van der Waals surface area contributed by atoms with Crippen LogP contribution in [-0.4, -0.2) is 15.0 Å². The van der Waals surface area contributed by atoms with E-state index in [2.05, 4.69) is 41.0 Å². The molecule has 1 N–H and O–H groups in total. The molecule has 0 aliphatic heterocycles. The van der Waals surface area contributed by atoms with Crippen LogP contribution in [0, 0.1) is 6.92 Å². The van der Waals surface area contributed by atoms with Gasteiger partial charge >= 0.3 is 0 Å². The highest BCUT2D eigenvalue weighted by atomic mass is 32.1. The fourth-order valence-corrected chi connectivity index (χ4v) is 2.38. The van der Waals surface area contributed by atoms with Crippen LogP contribution in [0.5, 0.6) is 0 Å². The van der Waals surface area contributed by atoms with Gasteiger partial charge in [0.1, 0.15) is 11.6 Å². The van der Waals surface area contributed by atoms with E-state index in [1.807, 2.05) is 19.2 Å². The van der Waals surface area contributed by atoms with Gasteiger partial charge in [-0.1, -0.05) is 20.8 Å². The minimum atomic E-state index is 0.119. The van der Waals surface area contributed by atoms with Crippen LogP contribution >= 0.6 is 11.3 Å². The Bertz CT molecular complexity index is 528. The summed E-state index contributed by atoms with van der Waals surface area (Å²) in [5.74, 6) is 1.63. The summed E-state index contributed by atoms with van der Waals surface area (Å²) in [6.45, 7) is 9.17. The van der Waals surface area contributed by atoms with E-state index in [1.54, 1.807) is 17.5 Å². The number of anilines is 1. The summed E-state index contributed by atoms with van der Waals surface area (Å²) < 4.78 is 0. The van der Waals surface area contributed by atoms with Crippen molar-refractivity contribution < 1.29 is 0 Å². The molecule has 0 amide bonds. The molecule has 96 valence electrons. The van der Waals surface area contributed by atoms with Gasteiger partial charge in [-0.25, -0.2) is 15.0 Å². The number of nitrogens with zero attached hydrogens (tertiary/aromatic N) is 3. The zero-order valence-corrected chi connectivity index (χ0v) is 12.0. The molecule has 18 heavy (non-hydrogen) atoms. The van der Waals surface area contributed by atoms with Crippen LogP contribution in [0.4, 0.5) is 5.82 Å². The van der Waals surface area contributed by atoms with Gasteiger partial charge in [0.2, 0.25) is 0 Å². The van der Waals surface area contributed by atoms with Crippen molar-refractivity contribution in [2.45, 2.75) is 39.7 Å². The van der Waals surface area contributed by atoms with Crippen LogP contribution in [0.15, 0.2) is 18.5 Å². The second-order valence-corrected chi connectivity index (χ2v) is 6.34. The average molecular weight is 262 g/mol. The third-order valence-electron chi connectivity index (χ3n) is 2.41. The summed E-state index contributed by atoms with van der Waals surface area (Å²) in [6, 6.07) is 1.87. The third-order valence-corrected chi connectivity index (χ3v) is 3.84. The fraction of sp³-hybridized carbons (Fsp3) is 0.462. The SMILES string of the molecule is Cc1nccc(NCc2cnc(C(C)(C)C)s2)n1. The molecular formula is C13H18N4S. The summed E-state index contributed by atoms with van der Waals surface area (Å²) in [6.07, 6.45) is 3.70. The molecule has 0 aliphatic carbocycles. The number of hydrogen-bond acceptors (Lipinski definition) is 5. The van der Waals surface area contributed by atoms with Gasteiger partial charge in [0.25, 0.3) is 0 Å². The lowest BCUT2D eigenvalue weighted by Gasteiger charge is -2.13. The summed E-state index contributed by atoms with van der Waals surface area (Å²) in [5, 5.41) is 4.45. The van der Waals surface area contributed by atoms with Gasteiger partial charge in [-0.3, -0.25) is 0 Å². The lowest BCUT2D eigenvalue weighted by Crippen LogP contribution is -2.09. The third kappa shape index (κ3) is 3.26. The van der Waals surface area contributed by atoms with Crippen molar-refractivity contribution in [3.8, 4) is 0 Å². The molecule has 2 aromatic rings. The van der Waals surface area contributed by atoms with E-state index >= 15 is 0 Å². The molecule has 0 spiro atoms. The highest BCUT2D eigenvalue weighted by Crippen LogP contribution is 2.26. The van der Waals surface area contributed by atoms with Crippen molar-refractivity contribution in [2.24, 2.45) is 0 Å². The topological polar surface area (TPSA) is 50.7 Å². The van der Waals surface area contributed by atoms with Crippen molar-refractivity contribution in [1.29, 1.82) is 0 Å². The predicted molar refractivity (Wildman–Crippen MR) is 74.9 cm³/mol. The molecule has 0 radical (unpaired) electrons. The maximum atomic E-state index is 4.46. The molecule has 5 heteroatoms. The van der Waals surface area contributed by atoms with Gasteiger partial charge in [-0.15, -0.1) is 11.3 Å². The Labute approximate surface area is 112 Å². The molecule has 0 saturated heterocycles. The molecule has 0 aromatic carbocycles. The summed E-state index contributed by atoms with van der Waals surface area (Å²) in [4.78, 5) is 14.1. The second-order valence-electron chi connectivity index (χ2n) is 5.22. The minimum Gasteiger partial charge on any atom is -0.365 e. The van der Waals surface area contributed by atoms with E-state index in [0.717, 1.165) is 23.2 Å². The molecule has 0 aliphatic rings. The number of hydrogen-bond donors (Lipinski definition) is 1. The Morgan fingerprint density at radius 2 is 2.06 bits per heavy atom. The molecule has 0 fully saturated rings. The quantitative estimate of drug-likeness (QED) is 0.923. The smallest absolute Gasteiger partial charge is 0.129 e. The first kappa shape index (κ1) is 13.0. The number of aromatic nitrogens is 3. The Balaban J connectivity index is 2.01. The van der Waals surface area contributed by atoms with Crippen LogP contribution in [0.25, 0.3) is 0 Å². The van der Waals surface area contributed by atoms with Crippen LogP contribution in [-0.2, 0) is 12.0 Å². The maximum Gasteiger partial charge on any atom is 0.129 e. The normalized spacial score (nSPS) is 11.6. The van der Waals surface area contributed by atoms with Crippen molar-refractivity contribution >= 4 is 17.2 Å². The first-order valence-electron chi connectivity index (χ1n) is 5.94. The lowest BCUT2D eigenvalue weighted by atomic mass is 9.98. The molecule has 2 aromatic heterocycles. The van der Waals surface area contributed by atoms with E-state index in [4.69, 9.17) is 0 Å². The van der Waals surface area contributed by atoms with Crippen molar-refractivity contribution in [1.82, 2.24) is 15.0 Å². The van der Waals surface area contributed by atoms with Gasteiger partial charge in [-0.2, -0.15) is 0 Å². The number of nitrogens with one attached hydrogen (secondary N) is 1. The van der Waals surface area contributed by atoms with E-state index in [-0.39, 0.29) is 5.41 Å². The first-order chi connectivity index (χ1) is 8.45. The summed E-state index contributed by atoms with van der Waals surface area (Å²) >= 11 is 1.75. The molecule has 0 bridgehead atoms. The lowest BCUT2D eigenvalue weighted by molar-refractivity contribution is 0.585. The zero-order chi connectivity index (χ0) is 13.2. The molecule has 0 atom stereocenters. The fourth-order valence-electron chi connectivity index (χ4n) is 1.47. The summed E-state index contributed by atoms with van der Waals surface area (Å²) in [7, 11) is 0. The van der Waals surface area contributed by atoms with Gasteiger partial charge in [0.05, 0.1) is 11.6 Å². The van der Waals surface area contributed by atoms with Crippen molar-refractivity contribution in [2.75, 3.05) is 5.32 Å². The van der Waals surface area contributed by atoms with Crippen LogP contribution in [0.3, 0.4) is 0 Å². The Kier molecular flexibility index (Phi) is 3.61. The largest absolute Gasteiger partial charge is 0.365 e. The van der Waals surface area contributed by atoms with E-state index in [1.165, 1.54) is 4.88 Å². The number of thiazole rings is 1. The van der Waals surface area contributed by atoms with E-state index in [9.17, 15) is 0 Å². The van der Waals surface area contributed by atoms with Crippen LogP contribution in [0.2, 0.25) is 0 Å². The Hall–Kier alpha value is -1.49. The monoisotopic (exact) mass is 262 g/mol. The van der Waals surface area contributed by atoms with Gasteiger partial charge in [-0.05, 0) is 13.0 Å². The molecule has 0 saturated carbocycles. The molecule has 0 unspecified atom stereocenters. The van der Waals surface area contributed by atoms with Crippen LogP contribution in [0.1, 0.15) is 36.5 Å². The Morgan fingerprint density at radius 3 is 2.67 bits per heavy atom. The summed E-state index contributed by atoms with van der Waals surface area (Å²) in [5.41, 5.74) is 0.119. The molecule has 2 rings (SSSR count). The zero-order valence-electron chi connectivity index (χ0n) is 11.2. The first-order valence-corrected chi connectivity index (χ1v) is 6.75. The second kappa shape index (κ2) is 5.02. The standard InChI is InChI=1S/C13H18N4S/c1-9-14-6-5-11(17-9)15-7-10-8-16-12(18-10)13(2,3)4/h5-6,8H,7H2,1-4H3,(H,14,15,17). The molecular weight excluding hydrogens is 244 g/mol. The highest BCUT2D eigenvalue weighted by molar-refractivity contribution is 7.11. The predicted octanol–water partition coefficient (Wildman–Crippen LogP) is 3.15. The Morgan fingerprint density at radius 1 is 1.28 bits per heavy atom. The minimum absolute atomic E-state index is 0.119.